The molecule has 9 nitrogen and oxygen atoms in total. The van der Waals surface area contributed by atoms with Crippen LogP contribution in [0.2, 0.25) is 0 Å². The summed E-state index contributed by atoms with van der Waals surface area (Å²) in [6.45, 7) is -1.18. The van der Waals surface area contributed by atoms with Gasteiger partial charge in [-0.25, -0.2) is 14.8 Å². The van der Waals surface area contributed by atoms with Crippen LogP contribution in [-0.4, -0.2) is 54.0 Å². The van der Waals surface area contributed by atoms with Gasteiger partial charge >= 0.3 is 18.2 Å². The normalized spacial score (nSPS) is 16.1. The van der Waals surface area contributed by atoms with E-state index in [1.54, 1.807) is 12.1 Å². The van der Waals surface area contributed by atoms with E-state index < -0.39 is 30.9 Å². The van der Waals surface area contributed by atoms with Crippen LogP contribution in [0.25, 0.3) is 0 Å². The van der Waals surface area contributed by atoms with E-state index in [4.69, 9.17) is 4.74 Å². The van der Waals surface area contributed by atoms with Crippen molar-refractivity contribution in [2.24, 2.45) is 9.98 Å². The summed E-state index contributed by atoms with van der Waals surface area (Å²) >= 11 is 0. The lowest BCUT2D eigenvalue weighted by molar-refractivity contribution is -0.156. The van der Waals surface area contributed by atoms with Gasteiger partial charge in [0, 0.05) is 19.2 Å². The SMILES string of the molecule is COC(=O)c1ccc(NC2=NC(OCC(F)(F)F)=NC(NCc3ccc(O)cc3)C2)nc1. The van der Waals surface area contributed by atoms with E-state index in [1.165, 1.54) is 37.6 Å². The Bertz CT molecular complexity index is 992. The van der Waals surface area contributed by atoms with Gasteiger partial charge in [0.2, 0.25) is 0 Å². The number of nitrogens with one attached hydrogen (secondary N) is 2. The quantitative estimate of drug-likeness (QED) is 0.578. The highest BCUT2D eigenvalue weighted by Crippen LogP contribution is 2.17. The van der Waals surface area contributed by atoms with Crippen molar-refractivity contribution in [1.82, 2.24) is 10.3 Å². The Labute approximate surface area is 181 Å². The van der Waals surface area contributed by atoms with E-state index in [9.17, 15) is 23.1 Å². The second-order valence-corrected chi connectivity index (χ2v) is 6.69. The molecule has 1 unspecified atom stereocenters. The Balaban J connectivity index is 1.70. The molecule has 170 valence electrons. The van der Waals surface area contributed by atoms with Crippen molar-refractivity contribution in [3.05, 3.63) is 53.7 Å². The molecule has 1 aromatic carbocycles. The Morgan fingerprint density at radius 1 is 1.22 bits per heavy atom. The number of carbonyl (C=O) groups is 1. The predicted octanol–water partition coefficient (Wildman–Crippen LogP) is 2.84. The van der Waals surface area contributed by atoms with Gasteiger partial charge in [0.25, 0.3) is 0 Å². The number of ether oxygens (including phenoxy) is 2. The molecule has 0 amide bonds. The first-order valence-corrected chi connectivity index (χ1v) is 9.39. The van der Waals surface area contributed by atoms with Crippen molar-refractivity contribution >= 4 is 23.6 Å². The van der Waals surface area contributed by atoms with E-state index in [0.717, 1.165) is 5.56 Å². The first-order chi connectivity index (χ1) is 15.2. The number of nitrogens with zero attached hydrogens (tertiary/aromatic N) is 3. The fourth-order valence-corrected chi connectivity index (χ4v) is 2.67. The molecule has 2 heterocycles. The zero-order chi connectivity index (χ0) is 23.1. The number of alkyl halides is 3. The van der Waals surface area contributed by atoms with Crippen LogP contribution in [0.1, 0.15) is 22.3 Å². The highest BCUT2D eigenvalue weighted by molar-refractivity contribution is 6.03. The van der Waals surface area contributed by atoms with Crippen LogP contribution in [0.3, 0.4) is 0 Å². The van der Waals surface area contributed by atoms with Crippen LogP contribution in [0.15, 0.2) is 52.6 Å². The molecule has 1 aliphatic rings. The molecule has 0 spiro atoms. The molecule has 0 aliphatic carbocycles. The highest BCUT2D eigenvalue weighted by atomic mass is 19.4. The van der Waals surface area contributed by atoms with Gasteiger partial charge < -0.3 is 19.9 Å². The molecule has 0 fully saturated rings. The number of carbonyl (C=O) groups excluding carboxylic acids is 1. The van der Waals surface area contributed by atoms with E-state index in [0.29, 0.717) is 12.4 Å². The van der Waals surface area contributed by atoms with Gasteiger partial charge in [-0.05, 0) is 29.8 Å². The predicted molar refractivity (Wildman–Crippen MR) is 109 cm³/mol. The Morgan fingerprint density at radius 2 is 1.97 bits per heavy atom. The minimum absolute atomic E-state index is 0.122. The molecular formula is C20H20F3N5O4. The summed E-state index contributed by atoms with van der Waals surface area (Å²) in [5, 5.41) is 15.4. The number of hydrogen-bond donors (Lipinski definition) is 3. The van der Waals surface area contributed by atoms with E-state index in [2.05, 4.69) is 30.3 Å². The number of phenolic OH excluding ortho intramolecular Hbond substituents is 1. The minimum atomic E-state index is -4.54. The number of rotatable bonds is 6. The summed E-state index contributed by atoms with van der Waals surface area (Å²) in [6.07, 6.45) is -3.64. The topological polar surface area (TPSA) is 117 Å². The van der Waals surface area contributed by atoms with Gasteiger partial charge in [-0.3, -0.25) is 5.32 Å². The lowest BCUT2D eigenvalue weighted by Gasteiger charge is -2.22. The van der Waals surface area contributed by atoms with Crippen molar-refractivity contribution in [3.8, 4) is 5.75 Å². The van der Waals surface area contributed by atoms with Crippen molar-refractivity contribution in [1.29, 1.82) is 0 Å². The molecular weight excluding hydrogens is 431 g/mol. The number of phenols is 1. The first kappa shape index (κ1) is 23.0. The largest absolute Gasteiger partial charge is 0.508 e. The Hall–Kier alpha value is -3.67. The molecule has 0 saturated carbocycles. The molecule has 12 heteroatoms. The zero-order valence-electron chi connectivity index (χ0n) is 16.9. The summed E-state index contributed by atoms with van der Waals surface area (Å²) < 4.78 is 47.0. The number of esters is 1. The third kappa shape index (κ3) is 6.94. The van der Waals surface area contributed by atoms with Crippen molar-refractivity contribution in [2.75, 3.05) is 19.0 Å². The molecule has 3 rings (SSSR count). The molecule has 32 heavy (non-hydrogen) atoms. The average Bonchev–Trinajstić information content (AvgIpc) is 2.77. The number of benzene rings is 1. The average molecular weight is 451 g/mol. The second kappa shape index (κ2) is 10.1. The highest BCUT2D eigenvalue weighted by Gasteiger charge is 2.30. The van der Waals surface area contributed by atoms with Gasteiger partial charge in [0.05, 0.1) is 12.7 Å². The van der Waals surface area contributed by atoms with E-state index in [1.807, 2.05) is 0 Å². The third-order valence-corrected chi connectivity index (χ3v) is 4.18. The lowest BCUT2D eigenvalue weighted by Crippen LogP contribution is -2.36. The number of pyridine rings is 1. The maximum Gasteiger partial charge on any atom is 0.422 e. The maximum absolute atomic E-state index is 12.6. The first-order valence-electron chi connectivity index (χ1n) is 9.39. The van der Waals surface area contributed by atoms with Crippen LogP contribution in [-0.2, 0) is 16.0 Å². The zero-order valence-corrected chi connectivity index (χ0v) is 16.9. The molecule has 1 aromatic heterocycles. The summed E-state index contributed by atoms with van der Waals surface area (Å²) in [5.74, 6) is 0.175. The Morgan fingerprint density at radius 3 is 2.59 bits per heavy atom. The fraction of sp³-hybridized carbons (Fsp3) is 0.300. The van der Waals surface area contributed by atoms with Gasteiger partial charge in [-0.1, -0.05) is 12.1 Å². The number of aromatic hydroxyl groups is 1. The van der Waals surface area contributed by atoms with Crippen LogP contribution >= 0.6 is 0 Å². The Kier molecular flexibility index (Phi) is 7.25. The van der Waals surface area contributed by atoms with Crippen LogP contribution in [0, 0.1) is 0 Å². The molecule has 3 N–H and O–H groups in total. The van der Waals surface area contributed by atoms with Gasteiger partial charge in [0.1, 0.15) is 23.6 Å². The number of anilines is 1. The maximum atomic E-state index is 12.6. The van der Waals surface area contributed by atoms with E-state index >= 15 is 0 Å². The lowest BCUT2D eigenvalue weighted by atomic mass is 10.2. The molecule has 1 atom stereocenters. The van der Waals surface area contributed by atoms with Gasteiger partial charge in [-0.2, -0.15) is 18.2 Å². The second-order valence-electron chi connectivity index (χ2n) is 6.69. The third-order valence-electron chi connectivity index (χ3n) is 4.18. The van der Waals surface area contributed by atoms with Crippen LogP contribution < -0.4 is 10.6 Å². The summed E-state index contributed by atoms with van der Waals surface area (Å²) in [5.41, 5.74) is 1.08. The number of halogens is 3. The summed E-state index contributed by atoms with van der Waals surface area (Å²) in [4.78, 5) is 23.7. The van der Waals surface area contributed by atoms with E-state index in [-0.39, 0.29) is 23.6 Å². The van der Waals surface area contributed by atoms with Gasteiger partial charge in [-0.15, -0.1) is 0 Å². The summed E-state index contributed by atoms with van der Waals surface area (Å²) in [7, 11) is 1.25. The molecule has 2 aromatic rings. The molecule has 0 bridgehead atoms. The fourth-order valence-electron chi connectivity index (χ4n) is 2.67. The minimum Gasteiger partial charge on any atom is -0.508 e. The molecule has 1 aliphatic heterocycles. The molecule has 0 radical (unpaired) electrons. The number of amidine groups is 2. The van der Waals surface area contributed by atoms with Crippen molar-refractivity contribution in [2.45, 2.75) is 25.3 Å². The monoisotopic (exact) mass is 451 g/mol. The van der Waals surface area contributed by atoms with Gasteiger partial charge in [0.15, 0.2) is 6.61 Å². The standard InChI is InChI=1S/C20H20F3N5O4/c1-31-18(30)13-4-7-15(25-10-13)26-17-8-16(24-9-12-2-5-14(29)6-3-12)27-19(28-17)32-11-20(21,22)23/h2-7,10,16,24,29H,8-9,11H2,1H3,(H,25,26,27,28). The van der Waals surface area contributed by atoms with Crippen molar-refractivity contribution in [3.63, 3.8) is 0 Å². The number of aliphatic imine (C=N–C) groups is 2. The number of methoxy groups -OCH3 is 1. The smallest absolute Gasteiger partial charge is 0.422 e. The molecule has 0 saturated heterocycles. The number of aromatic nitrogens is 1. The van der Waals surface area contributed by atoms with Crippen LogP contribution in [0.5, 0.6) is 5.75 Å². The summed E-state index contributed by atoms with van der Waals surface area (Å²) in [6, 6.07) is 9.03. The van der Waals surface area contributed by atoms with Crippen LogP contribution in [0.4, 0.5) is 19.0 Å². The van der Waals surface area contributed by atoms with Crippen molar-refractivity contribution < 1.29 is 32.5 Å². The number of hydrogen-bond acceptors (Lipinski definition) is 9.